The molecule has 1 atom stereocenters. The summed E-state index contributed by atoms with van der Waals surface area (Å²) in [7, 11) is 0. The van der Waals surface area contributed by atoms with Crippen molar-refractivity contribution in [1.29, 1.82) is 0 Å². The normalized spacial score (nSPS) is 16.1. The van der Waals surface area contributed by atoms with Gasteiger partial charge in [0.1, 0.15) is 11.9 Å². The van der Waals surface area contributed by atoms with Gasteiger partial charge >= 0.3 is 0 Å². The number of benzene rings is 2. The molecule has 5 rings (SSSR count). The topological polar surface area (TPSA) is 69.7 Å². The molecule has 0 unspecified atom stereocenters. The number of fused-ring (bicyclic) bond motifs is 2. The summed E-state index contributed by atoms with van der Waals surface area (Å²) in [6.07, 6.45) is 5.39. The number of rotatable bonds is 6. The van der Waals surface area contributed by atoms with Crippen LogP contribution in [0.15, 0.2) is 60.9 Å². The van der Waals surface area contributed by atoms with E-state index >= 15 is 0 Å². The molecule has 0 radical (unpaired) electrons. The van der Waals surface area contributed by atoms with Gasteiger partial charge in [-0.25, -0.2) is 0 Å². The van der Waals surface area contributed by atoms with Crippen molar-refractivity contribution in [3.05, 3.63) is 72.1 Å². The van der Waals surface area contributed by atoms with Crippen molar-refractivity contribution >= 4 is 5.91 Å². The third kappa shape index (κ3) is 3.81. The fourth-order valence-electron chi connectivity index (χ4n) is 3.87. The van der Waals surface area contributed by atoms with Gasteiger partial charge in [-0.1, -0.05) is 30.3 Å². The highest BCUT2D eigenvalue weighted by Crippen LogP contribution is 2.38. The molecule has 6 heteroatoms. The lowest BCUT2D eigenvalue weighted by Crippen LogP contribution is -2.34. The first-order chi connectivity index (χ1) is 14.8. The van der Waals surface area contributed by atoms with Crippen LogP contribution in [0.1, 0.15) is 17.5 Å². The number of hydrogen-bond donors (Lipinski definition) is 1. The average molecular weight is 402 g/mol. The second-order valence-corrected chi connectivity index (χ2v) is 7.47. The monoisotopic (exact) mass is 402 g/mol. The Morgan fingerprint density at radius 2 is 2.03 bits per heavy atom. The van der Waals surface area contributed by atoms with E-state index in [0.717, 1.165) is 45.9 Å². The van der Waals surface area contributed by atoms with E-state index in [1.807, 2.05) is 48.7 Å². The number of hydrogen-bond acceptors (Lipinski definition) is 5. The Kier molecular flexibility index (Phi) is 4.97. The summed E-state index contributed by atoms with van der Waals surface area (Å²) in [6, 6.07) is 15.9. The molecule has 3 aromatic rings. The molecule has 1 amide bonds. The molecule has 0 fully saturated rings. The largest absolute Gasteiger partial charge is 0.487 e. The third-order valence-electron chi connectivity index (χ3n) is 5.41. The van der Waals surface area contributed by atoms with E-state index in [0.29, 0.717) is 19.4 Å². The molecule has 0 spiro atoms. The molecule has 1 N–H and O–H groups in total. The van der Waals surface area contributed by atoms with E-state index in [-0.39, 0.29) is 18.8 Å². The van der Waals surface area contributed by atoms with E-state index in [9.17, 15) is 4.79 Å². The summed E-state index contributed by atoms with van der Waals surface area (Å²) >= 11 is 0. The first-order valence-electron chi connectivity index (χ1n) is 10.1. The van der Waals surface area contributed by atoms with Gasteiger partial charge in [-0.15, -0.1) is 0 Å². The SMILES string of the molecule is O=C(CCc1ccc2c(c1)OCO2)NC[C@H]1Cc2cccc(-c3cccnc3)c2O1. The highest BCUT2D eigenvalue weighted by molar-refractivity contribution is 5.76. The highest BCUT2D eigenvalue weighted by Gasteiger charge is 2.26. The zero-order chi connectivity index (χ0) is 20.3. The lowest BCUT2D eigenvalue weighted by molar-refractivity contribution is -0.121. The van der Waals surface area contributed by atoms with Gasteiger partial charge in [0.15, 0.2) is 11.5 Å². The summed E-state index contributed by atoms with van der Waals surface area (Å²) < 4.78 is 16.9. The van der Waals surface area contributed by atoms with Gasteiger partial charge in [-0.3, -0.25) is 9.78 Å². The molecule has 2 aliphatic heterocycles. The first kappa shape index (κ1) is 18.5. The van der Waals surface area contributed by atoms with E-state index in [1.54, 1.807) is 6.20 Å². The molecule has 2 aliphatic rings. The Bertz CT molecular complexity index is 1070. The van der Waals surface area contributed by atoms with Crippen LogP contribution >= 0.6 is 0 Å². The van der Waals surface area contributed by atoms with E-state index in [4.69, 9.17) is 14.2 Å². The molecule has 6 nitrogen and oxygen atoms in total. The minimum atomic E-state index is -0.0627. The summed E-state index contributed by atoms with van der Waals surface area (Å²) in [5.74, 6) is 2.41. The summed E-state index contributed by atoms with van der Waals surface area (Å²) in [5.41, 5.74) is 4.29. The van der Waals surface area contributed by atoms with Crippen molar-refractivity contribution < 1.29 is 19.0 Å². The van der Waals surface area contributed by atoms with Gasteiger partial charge in [0.2, 0.25) is 12.7 Å². The number of aryl methyl sites for hydroxylation is 1. The van der Waals surface area contributed by atoms with Crippen molar-refractivity contribution in [2.24, 2.45) is 0 Å². The van der Waals surface area contributed by atoms with Crippen LogP contribution in [0.25, 0.3) is 11.1 Å². The minimum absolute atomic E-state index is 0.0136. The number of amides is 1. The molecule has 0 saturated carbocycles. The molecule has 0 aliphatic carbocycles. The maximum absolute atomic E-state index is 12.3. The predicted octanol–water partition coefficient (Wildman–Crippen LogP) is 3.53. The maximum Gasteiger partial charge on any atom is 0.231 e. The number of carbonyl (C=O) groups excluding carboxylic acids is 1. The van der Waals surface area contributed by atoms with E-state index in [2.05, 4.69) is 16.4 Å². The Morgan fingerprint density at radius 1 is 1.10 bits per heavy atom. The Labute approximate surface area is 174 Å². The number of carbonyl (C=O) groups is 1. The Hall–Kier alpha value is -3.54. The van der Waals surface area contributed by atoms with Crippen LogP contribution in [0.3, 0.4) is 0 Å². The summed E-state index contributed by atoms with van der Waals surface area (Å²) in [5, 5.41) is 3.01. The van der Waals surface area contributed by atoms with Gasteiger partial charge in [0.25, 0.3) is 0 Å². The molecular weight excluding hydrogens is 380 g/mol. The van der Waals surface area contributed by atoms with Gasteiger partial charge < -0.3 is 19.5 Å². The number of ether oxygens (including phenoxy) is 3. The van der Waals surface area contributed by atoms with Gasteiger partial charge in [-0.2, -0.15) is 0 Å². The number of nitrogens with one attached hydrogen (secondary N) is 1. The van der Waals surface area contributed by atoms with Crippen LogP contribution in [-0.2, 0) is 17.6 Å². The quantitative estimate of drug-likeness (QED) is 0.683. The van der Waals surface area contributed by atoms with Crippen molar-refractivity contribution in [3.63, 3.8) is 0 Å². The lowest BCUT2D eigenvalue weighted by atomic mass is 10.0. The highest BCUT2D eigenvalue weighted by atomic mass is 16.7. The number of pyridine rings is 1. The number of para-hydroxylation sites is 1. The molecule has 0 bridgehead atoms. The van der Waals surface area contributed by atoms with Crippen LogP contribution in [0.4, 0.5) is 0 Å². The molecule has 0 saturated heterocycles. The number of nitrogens with zero attached hydrogens (tertiary/aromatic N) is 1. The molecule has 30 heavy (non-hydrogen) atoms. The van der Waals surface area contributed by atoms with Crippen LogP contribution < -0.4 is 19.5 Å². The minimum Gasteiger partial charge on any atom is -0.487 e. The second kappa shape index (κ2) is 8.06. The lowest BCUT2D eigenvalue weighted by Gasteiger charge is -2.13. The molecule has 152 valence electrons. The zero-order valence-corrected chi connectivity index (χ0v) is 16.5. The number of aromatic nitrogens is 1. The van der Waals surface area contributed by atoms with Crippen molar-refractivity contribution in [2.45, 2.75) is 25.4 Å². The first-order valence-corrected chi connectivity index (χ1v) is 10.1. The van der Waals surface area contributed by atoms with Crippen LogP contribution in [-0.4, -0.2) is 30.3 Å². The average Bonchev–Trinajstić information content (AvgIpc) is 3.42. The molecule has 3 heterocycles. The summed E-state index contributed by atoms with van der Waals surface area (Å²) in [6.45, 7) is 0.743. The smallest absolute Gasteiger partial charge is 0.231 e. The van der Waals surface area contributed by atoms with Crippen LogP contribution in [0.5, 0.6) is 17.2 Å². The van der Waals surface area contributed by atoms with E-state index in [1.165, 1.54) is 0 Å². The Morgan fingerprint density at radius 3 is 2.93 bits per heavy atom. The molecule has 2 aromatic carbocycles. The van der Waals surface area contributed by atoms with Gasteiger partial charge in [0, 0.05) is 36.4 Å². The van der Waals surface area contributed by atoms with E-state index < -0.39 is 0 Å². The van der Waals surface area contributed by atoms with Gasteiger partial charge in [-0.05, 0) is 35.7 Å². The zero-order valence-electron chi connectivity index (χ0n) is 16.5. The van der Waals surface area contributed by atoms with Crippen molar-refractivity contribution in [1.82, 2.24) is 10.3 Å². The third-order valence-corrected chi connectivity index (χ3v) is 5.41. The molecular formula is C24H22N2O4. The summed E-state index contributed by atoms with van der Waals surface area (Å²) in [4.78, 5) is 16.5. The standard InChI is InChI=1S/C24H22N2O4/c27-23(9-7-16-6-8-21-22(11-16)29-15-28-21)26-14-19-12-17-3-1-5-20(24(17)30-19)18-4-2-10-25-13-18/h1-6,8,10-11,13,19H,7,9,12,14-15H2,(H,26,27)/t19-/m1/s1. The van der Waals surface area contributed by atoms with Crippen molar-refractivity contribution in [2.75, 3.05) is 13.3 Å². The second-order valence-electron chi connectivity index (χ2n) is 7.47. The van der Waals surface area contributed by atoms with Crippen LogP contribution in [0.2, 0.25) is 0 Å². The van der Waals surface area contributed by atoms with Crippen LogP contribution in [0, 0.1) is 0 Å². The fourth-order valence-corrected chi connectivity index (χ4v) is 3.87. The maximum atomic E-state index is 12.3. The van der Waals surface area contributed by atoms with Gasteiger partial charge in [0.05, 0.1) is 6.54 Å². The molecule has 1 aromatic heterocycles. The fraction of sp³-hybridized carbons (Fsp3) is 0.250. The predicted molar refractivity (Wildman–Crippen MR) is 112 cm³/mol. The Balaban J connectivity index is 1.15. The van der Waals surface area contributed by atoms with Crippen molar-refractivity contribution in [3.8, 4) is 28.4 Å².